The van der Waals surface area contributed by atoms with E-state index >= 15 is 0 Å². The molecule has 1 aromatic carbocycles. The largest absolute Gasteiger partial charge is 0.368 e. The van der Waals surface area contributed by atoms with E-state index in [1.165, 1.54) is 31.5 Å². The van der Waals surface area contributed by atoms with Crippen LogP contribution in [0.4, 0.5) is 0 Å². The van der Waals surface area contributed by atoms with Crippen LogP contribution in [0.15, 0.2) is 24.3 Å². The number of carbonyl (C=O) groups is 1. The van der Waals surface area contributed by atoms with Crippen molar-refractivity contribution in [1.29, 1.82) is 0 Å². The molecule has 5 nitrogen and oxygen atoms in total. The van der Waals surface area contributed by atoms with Gasteiger partial charge >= 0.3 is 0 Å². The normalized spacial score (nSPS) is 21.5. The van der Waals surface area contributed by atoms with E-state index in [2.05, 4.69) is 46.7 Å². The summed E-state index contributed by atoms with van der Waals surface area (Å²) in [4.78, 5) is 15.1. The SMILES string of the molecule is COC1(C(=O)NCc2ccc(CN3CCC(C)CC3)cc2)CCNCC1. The lowest BCUT2D eigenvalue weighted by atomic mass is 9.91. The molecule has 1 amide bonds. The van der Waals surface area contributed by atoms with Crippen LogP contribution in [0.25, 0.3) is 0 Å². The summed E-state index contributed by atoms with van der Waals surface area (Å²) < 4.78 is 5.58. The number of hydrogen-bond acceptors (Lipinski definition) is 4. The van der Waals surface area contributed by atoms with E-state index in [1.807, 2.05) is 0 Å². The van der Waals surface area contributed by atoms with Crippen molar-refractivity contribution in [2.75, 3.05) is 33.3 Å². The molecule has 144 valence electrons. The van der Waals surface area contributed by atoms with Crippen LogP contribution >= 0.6 is 0 Å². The highest BCUT2D eigenvalue weighted by molar-refractivity contribution is 5.85. The first-order valence-corrected chi connectivity index (χ1v) is 9.96. The Kier molecular flexibility index (Phi) is 6.68. The number of likely N-dealkylation sites (tertiary alicyclic amines) is 1. The van der Waals surface area contributed by atoms with Crippen LogP contribution in [0.5, 0.6) is 0 Å². The standard InChI is InChI=1S/C21H33N3O2/c1-17-7-13-24(14-8-17)16-19-5-3-18(4-6-19)15-23-20(25)21(26-2)9-11-22-12-10-21/h3-6,17,22H,7-16H2,1-2H3,(H,23,25). The van der Waals surface area contributed by atoms with Gasteiger partial charge in [0.25, 0.3) is 5.91 Å². The first-order valence-electron chi connectivity index (χ1n) is 9.96. The van der Waals surface area contributed by atoms with Gasteiger partial charge in [-0.25, -0.2) is 0 Å². The summed E-state index contributed by atoms with van der Waals surface area (Å²) in [6.45, 7) is 7.98. The molecule has 0 spiro atoms. The molecule has 2 saturated heterocycles. The highest BCUT2D eigenvalue weighted by Crippen LogP contribution is 2.23. The van der Waals surface area contributed by atoms with E-state index in [-0.39, 0.29) is 5.91 Å². The number of ether oxygens (including phenoxy) is 1. The van der Waals surface area contributed by atoms with Gasteiger partial charge in [-0.1, -0.05) is 31.2 Å². The topological polar surface area (TPSA) is 53.6 Å². The number of hydrogen-bond donors (Lipinski definition) is 2. The van der Waals surface area contributed by atoms with E-state index in [0.717, 1.165) is 44.0 Å². The van der Waals surface area contributed by atoms with Crippen molar-refractivity contribution in [3.63, 3.8) is 0 Å². The van der Waals surface area contributed by atoms with Crippen molar-refractivity contribution >= 4 is 5.91 Å². The molecule has 1 aromatic rings. The van der Waals surface area contributed by atoms with Gasteiger partial charge in [0.1, 0.15) is 5.60 Å². The third-order valence-electron chi connectivity index (χ3n) is 5.97. The van der Waals surface area contributed by atoms with Gasteiger partial charge in [0.15, 0.2) is 0 Å². The maximum atomic E-state index is 12.6. The summed E-state index contributed by atoms with van der Waals surface area (Å²) in [6.07, 6.45) is 4.06. The minimum absolute atomic E-state index is 0.00742. The summed E-state index contributed by atoms with van der Waals surface area (Å²) in [5.74, 6) is 0.876. The summed E-state index contributed by atoms with van der Waals surface area (Å²) in [5, 5.41) is 6.34. The van der Waals surface area contributed by atoms with Gasteiger partial charge < -0.3 is 15.4 Å². The molecule has 2 aliphatic rings. The first-order chi connectivity index (χ1) is 12.6. The van der Waals surface area contributed by atoms with E-state index in [1.54, 1.807) is 7.11 Å². The van der Waals surface area contributed by atoms with Crippen molar-refractivity contribution in [2.24, 2.45) is 5.92 Å². The van der Waals surface area contributed by atoms with Gasteiger partial charge in [-0.15, -0.1) is 0 Å². The van der Waals surface area contributed by atoms with E-state index in [0.29, 0.717) is 6.54 Å². The Balaban J connectivity index is 1.48. The Hall–Kier alpha value is -1.43. The third kappa shape index (κ3) is 4.84. The Morgan fingerprint density at radius 3 is 2.42 bits per heavy atom. The summed E-state index contributed by atoms with van der Waals surface area (Å²) in [5.41, 5.74) is 1.81. The van der Waals surface area contributed by atoms with Crippen molar-refractivity contribution in [1.82, 2.24) is 15.5 Å². The lowest BCUT2D eigenvalue weighted by Crippen LogP contribution is -2.53. The molecule has 0 atom stereocenters. The molecule has 26 heavy (non-hydrogen) atoms. The molecule has 3 rings (SSSR count). The second-order valence-corrected chi connectivity index (χ2v) is 7.91. The van der Waals surface area contributed by atoms with E-state index < -0.39 is 5.60 Å². The Morgan fingerprint density at radius 1 is 1.19 bits per heavy atom. The number of amides is 1. The number of piperidine rings is 2. The number of rotatable bonds is 6. The third-order valence-corrected chi connectivity index (χ3v) is 5.97. The van der Waals surface area contributed by atoms with Gasteiger partial charge in [0.05, 0.1) is 0 Å². The van der Waals surface area contributed by atoms with Crippen LogP contribution in [0.3, 0.4) is 0 Å². The Morgan fingerprint density at radius 2 is 1.81 bits per heavy atom. The molecule has 2 fully saturated rings. The van der Waals surface area contributed by atoms with Gasteiger partial charge in [-0.2, -0.15) is 0 Å². The number of nitrogens with one attached hydrogen (secondary N) is 2. The number of methoxy groups -OCH3 is 1. The Labute approximate surface area is 157 Å². The minimum atomic E-state index is -0.670. The molecule has 2 N–H and O–H groups in total. The molecule has 0 bridgehead atoms. The fourth-order valence-electron chi connectivity index (χ4n) is 3.94. The van der Waals surface area contributed by atoms with Crippen LogP contribution in [0.1, 0.15) is 43.7 Å². The lowest BCUT2D eigenvalue weighted by Gasteiger charge is -2.34. The zero-order chi connectivity index (χ0) is 18.4. The molecule has 5 heteroatoms. The summed E-state index contributed by atoms with van der Waals surface area (Å²) >= 11 is 0. The fraction of sp³-hybridized carbons (Fsp3) is 0.667. The average Bonchev–Trinajstić information content (AvgIpc) is 2.69. The van der Waals surface area contributed by atoms with E-state index in [4.69, 9.17) is 4.74 Å². The maximum Gasteiger partial charge on any atom is 0.252 e. The second kappa shape index (κ2) is 8.98. The number of carbonyl (C=O) groups excluding carboxylic acids is 1. The van der Waals surface area contributed by atoms with E-state index in [9.17, 15) is 4.79 Å². The highest BCUT2D eigenvalue weighted by atomic mass is 16.5. The molecule has 0 unspecified atom stereocenters. The zero-order valence-electron chi connectivity index (χ0n) is 16.2. The molecule has 2 heterocycles. The molecule has 0 aliphatic carbocycles. The van der Waals surface area contributed by atoms with Gasteiger partial charge in [0.2, 0.25) is 0 Å². The summed E-state index contributed by atoms with van der Waals surface area (Å²) in [6, 6.07) is 8.64. The highest BCUT2D eigenvalue weighted by Gasteiger charge is 2.39. The smallest absolute Gasteiger partial charge is 0.252 e. The monoisotopic (exact) mass is 359 g/mol. The molecular formula is C21H33N3O2. The predicted octanol–water partition coefficient (Wildman–Crippen LogP) is 2.30. The predicted molar refractivity (Wildman–Crippen MR) is 104 cm³/mol. The van der Waals surface area contributed by atoms with Gasteiger partial charge in [-0.3, -0.25) is 9.69 Å². The van der Waals surface area contributed by atoms with Crippen LogP contribution < -0.4 is 10.6 Å². The van der Waals surface area contributed by atoms with Crippen LogP contribution in [0.2, 0.25) is 0 Å². The van der Waals surface area contributed by atoms with Crippen molar-refractivity contribution in [2.45, 2.75) is 51.3 Å². The zero-order valence-corrected chi connectivity index (χ0v) is 16.2. The lowest BCUT2D eigenvalue weighted by molar-refractivity contribution is -0.146. The minimum Gasteiger partial charge on any atom is -0.368 e. The number of nitrogens with zero attached hydrogens (tertiary/aromatic N) is 1. The Bertz CT molecular complexity index is 573. The second-order valence-electron chi connectivity index (χ2n) is 7.91. The van der Waals surface area contributed by atoms with Crippen molar-refractivity contribution in [3.8, 4) is 0 Å². The first kappa shape index (κ1) is 19.3. The molecule has 0 saturated carbocycles. The number of benzene rings is 1. The molecule has 0 radical (unpaired) electrons. The average molecular weight is 360 g/mol. The van der Waals surface area contributed by atoms with Crippen LogP contribution in [-0.2, 0) is 22.6 Å². The molecular weight excluding hydrogens is 326 g/mol. The van der Waals surface area contributed by atoms with Crippen molar-refractivity contribution in [3.05, 3.63) is 35.4 Å². The van der Waals surface area contributed by atoms with Gasteiger partial charge in [-0.05, 0) is 68.9 Å². The molecule has 2 aliphatic heterocycles. The quantitative estimate of drug-likeness (QED) is 0.818. The van der Waals surface area contributed by atoms with Crippen LogP contribution in [-0.4, -0.2) is 49.7 Å². The summed E-state index contributed by atoms with van der Waals surface area (Å²) in [7, 11) is 1.64. The van der Waals surface area contributed by atoms with Gasteiger partial charge in [0, 0.05) is 20.2 Å². The maximum absolute atomic E-state index is 12.6. The fourth-order valence-corrected chi connectivity index (χ4v) is 3.94. The molecule has 0 aromatic heterocycles. The van der Waals surface area contributed by atoms with Crippen LogP contribution in [0, 0.1) is 5.92 Å². The van der Waals surface area contributed by atoms with Crippen molar-refractivity contribution < 1.29 is 9.53 Å².